The Morgan fingerprint density at radius 1 is 0.915 bits per heavy atom. The van der Waals surface area contributed by atoms with E-state index < -0.39 is 45.9 Å². The maximum Gasteiger partial charge on any atom is 0.379 e. The summed E-state index contributed by atoms with van der Waals surface area (Å²) in [5, 5.41) is 0.665. The molecule has 0 radical (unpaired) electrons. The van der Waals surface area contributed by atoms with E-state index in [2.05, 4.69) is 4.90 Å². The van der Waals surface area contributed by atoms with E-state index in [1.165, 1.54) is 11.7 Å². The molecule has 1 aromatic heterocycles. The Labute approximate surface area is 274 Å². The van der Waals surface area contributed by atoms with Crippen molar-refractivity contribution in [2.75, 3.05) is 32.2 Å². The van der Waals surface area contributed by atoms with E-state index in [-0.39, 0.29) is 16.5 Å². The van der Waals surface area contributed by atoms with Crippen LogP contribution in [0.5, 0.6) is 0 Å². The first-order valence-electron chi connectivity index (χ1n) is 15.6. The second-order valence-corrected chi connectivity index (χ2v) is 13.6. The zero-order valence-corrected chi connectivity index (χ0v) is 26.8. The minimum absolute atomic E-state index is 0.0358. The Morgan fingerprint density at radius 2 is 1.64 bits per heavy atom. The molecule has 1 amide bonds. The molecular formula is C36H31N3O7S. The predicted octanol–water partition coefficient (Wildman–Crippen LogP) is 4.54. The number of Topliss-reactive ketones (excluding diaryl/α,β-unsaturated/α-hetero) is 1. The molecule has 1 fully saturated rings. The number of para-hydroxylation sites is 2. The molecule has 4 aliphatic heterocycles. The lowest BCUT2D eigenvalue weighted by Gasteiger charge is -2.42. The summed E-state index contributed by atoms with van der Waals surface area (Å²) in [5.41, 5.74) is 2.08. The molecular weight excluding hydrogens is 618 g/mol. The Bertz CT molecular complexity index is 2070. The number of esters is 2. The van der Waals surface area contributed by atoms with Crippen LogP contribution in [0.2, 0.25) is 0 Å². The maximum absolute atomic E-state index is 15.5. The van der Waals surface area contributed by atoms with Crippen LogP contribution in [-0.4, -0.2) is 71.1 Å². The molecule has 4 atom stereocenters. The number of aromatic nitrogens is 1. The van der Waals surface area contributed by atoms with Gasteiger partial charge in [-0.1, -0.05) is 79.3 Å². The molecule has 10 nitrogen and oxygen atoms in total. The highest BCUT2D eigenvalue weighted by molar-refractivity contribution is 8.02. The van der Waals surface area contributed by atoms with Crippen molar-refractivity contribution < 1.29 is 33.4 Å². The third kappa shape index (κ3) is 3.48. The standard InChI is InChI=1S/C36H31N3O7S/c1-4-18-37-25-16-10-8-14-23(25)35(33(37)43)28(32(42)46-3)36(29-21-12-6-5-11-20(21)17-19-38(29)35)34(44)39-24-15-9-7-13-22(24)26(30(39)47-36)27(40)31(41)45-2/h5-16,28-29H,4,17-19H2,1-3H3/t28-,29?,35+,36-/m0/s1. The van der Waals surface area contributed by atoms with Crippen molar-refractivity contribution in [3.8, 4) is 0 Å². The van der Waals surface area contributed by atoms with Crippen LogP contribution >= 0.6 is 11.8 Å². The average molecular weight is 650 g/mol. The molecule has 0 bridgehead atoms. The molecule has 0 saturated carbocycles. The number of carbonyl (C=O) groups is 5. The van der Waals surface area contributed by atoms with Gasteiger partial charge in [0, 0.05) is 29.7 Å². The van der Waals surface area contributed by atoms with Crippen molar-refractivity contribution >= 4 is 57.9 Å². The fourth-order valence-electron chi connectivity index (χ4n) is 8.63. The normalized spacial score (nSPS) is 25.6. The van der Waals surface area contributed by atoms with Gasteiger partial charge in [-0.3, -0.25) is 28.6 Å². The van der Waals surface area contributed by atoms with Gasteiger partial charge in [0.15, 0.2) is 0 Å². The summed E-state index contributed by atoms with van der Waals surface area (Å²) >= 11 is 1.09. The zero-order chi connectivity index (χ0) is 32.8. The van der Waals surface area contributed by atoms with Crippen LogP contribution in [-0.2, 0) is 35.8 Å². The maximum atomic E-state index is 15.5. The second kappa shape index (κ2) is 10.4. The van der Waals surface area contributed by atoms with Crippen LogP contribution in [0.3, 0.4) is 0 Å². The highest BCUT2D eigenvalue weighted by Gasteiger charge is 2.81. The van der Waals surface area contributed by atoms with Gasteiger partial charge in [-0.05, 0) is 36.1 Å². The average Bonchev–Trinajstić information content (AvgIpc) is 3.75. The fraction of sp³-hybridized carbons (Fsp3) is 0.306. The van der Waals surface area contributed by atoms with E-state index in [0.717, 1.165) is 30.0 Å². The lowest BCUT2D eigenvalue weighted by Crippen LogP contribution is -2.57. The van der Waals surface area contributed by atoms with Crippen molar-refractivity contribution in [3.05, 3.63) is 95.1 Å². The van der Waals surface area contributed by atoms with E-state index in [1.807, 2.05) is 55.5 Å². The summed E-state index contributed by atoms with van der Waals surface area (Å²) in [5.74, 6) is -4.70. The quantitative estimate of drug-likeness (QED) is 0.175. The van der Waals surface area contributed by atoms with Gasteiger partial charge in [0.1, 0.15) is 16.2 Å². The Hall–Kier alpha value is -4.74. The smallest absolute Gasteiger partial charge is 0.379 e. The van der Waals surface area contributed by atoms with E-state index in [4.69, 9.17) is 9.47 Å². The number of methoxy groups -OCH3 is 2. The number of nitrogens with zero attached hydrogens (tertiary/aromatic N) is 3. The third-order valence-corrected chi connectivity index (χ3v) is 11.8. The van der Waals surface area contributed by atoms with Crippen LogP contribution in [0.25, 0.3) is 10.9 Å². The summed E-state index contributed by atoms with van der Waals surface area (Å²) in [6.45, 7) is 2.81. The molecule has 0 N–H and O–H groups in total. The number of ketones is 1. The molecule has 1 unspecified atom stereocenters. The molecule has 2 spiro atoms. The van der Waals surface area contributed by atoms with Crippen LogP contribution in [0.4, 0.5) is 5.69 Å². The SMILES string of the molecule is CCCN1C(=O)[C@@]2(c3ccccc31)[C@H](C(=O)OC)[C@]1(Sc3c(C(=O)C(=O)OC)c4ccccc4n3C1=O)C1c3ccccc3CCN12. The number of hydrogen-bond acceptors (Lipinski definition) is 9. The second-order valence-electron chi connectivity index (χ2n) is 12.3. The van der Waals surface area contributed by atoms with Gasteiger partial charge in [-0.15, -0.1) is 0 Å². The monoisotopic (exact) mass is 649 g/mol. The summed E-state index contributed by atoms with van der Waals surface area (Å²) < 4.78 is 10.2. The van der Waals surface area contributed by atoms with Gasteiger partial charge in [-0.25, -0.2) is 4.79 Å². The van der Waals surface area contributed by atoms with E-state index >= 15 is 9.59 Å². The number of anilines is 1. The molecule has 8 rings (SSSR count). The molecule has 11 heteroatoms. The summed E-state index contributed by atoms with van der Waals surface area (Å²) in [7, 11) is 2.41. The summed E-state index contributed by atoms with van der Waals surface area (Å²) in [6.07, 6.45) is 1.28. The highest BCUT2D eigenvalue weighted by Crippen LogP contribution is 2.71. The molecule has 4 aromatic rings. The number of benzene rings is 3. The van der Waals surface area contributed by atoms with E-state index in [9.17, 15) is 14.4 Å². The zero-order valence-electron chi connectivity index (χ0n) is 26.0. The molecule has 4 aliphatic rings. The highest BCUT2D eigenvalue weighted by atomic mass is 32.2. The fourth-order valence-corrected chi connectivity index (χ4v) is 10.5. The third-order valence-electron chi connectivity index (χ3n) is 10.3. The summed E-state index contributed by atoms with van der Waals surface area (Å²) in [6, 6.07) is 21.4. The summed E-state index contributed by atoms with van der Waals surface area (Å²) in [4.78, 5) is 75.4. The molecule has 238 valence electrons. The van der Waals surface area contributed by atoms with Crippen LogP contribution in [0.15, 0.2) is 77.8 Å². The number of fused-ring (bicyclic) bond motifs is 10. The van der Waals surface area contributed by atoms with Crippen molar-refractivity contribution in [1.29, 1.82) is 0 Å². The van der Waals surface area contributed by atoms with Gasteiger partial charge < -0.3 is 14.4 Å². The van der Waals surface area contributed by atoms with Gasteiger partial charge in [0.2, 0.25) is 0 Å². The largest absolute Gasteiger partial charge is 0.469 e. The molecule has 1 saturated heterocycles. The van der Waals surface area contributed by atoms with Crippen molar-refractivity contribution in [3.63, 3.8) is 0 Å². The molecule has 47 heavy (non-hydrogen) atoms. The lowest BCUT2D eigenvalue weighted by atomic mass is 9.73. The number of carbonyl (C=O) groups excluding carboxylic acids is 5. The van der Waals surface area contributed by atoms with Gasteiger partial charge >= 0.3 is 11.9 Å². The molecule has 5 heterocycles. The van der Waals surface area contributed by atoms with Crippen LogP contribution in [0.1, 0.15) is 51.2 Å². The van der Waals surface area contributed by atoms with Gasteiger partial charge in [0.05, 0.1) is 36.4 Å². The first-order valence-corrected chi connectivity index (χ1v) is 16.4. The van der Waals surface area contributed by atoms with E-state index in [1.54, 1.807) is 29.2 Å². The van der Waals surface area contributed by atoms with Gasteiger partial charge in [0.25, 0.3) is 17.6 Å². The number of hydrogen-bond donors (Lipinski definition) is 0. The van der Waals surface area contributed by atoms with Crippen molar-refractivity contribution in [1.82, 2.24) is 9.47 Å². The van der Waals surface area contributed by atoms with Crippen LogP contribution in [0, 0.1) is 5.92 Å². The number of amides is 1. The first-order chi connectivity index (χ1) is 22.8. The number of thioether (sulfide) groups is 1. The lowest BCUT2D eigenvalue weighted by molar-refractivity contribution is -0.153. The minimum atomic E-state index is -1.65. The molecule has 0 aliphatic carbocycles. The topological polar surface area (TPSA) is 115 Å². The van der Waals surface area contributed by atoms with Gasteiger partial charge in [-0.2, -0.15) is 0 Å². The van der Waals surface area contributed by atoms with E-state index in [0.29, 0.717) is 48.1 Å². The Kier molecular flexibility index (Phi) is 6.55. The Morgan fingerprint density at radius 3 is 2.40 bits per heavy atom. The first kappa shape index (κ1) is 29.6. The predicted molar refractivity (Wildman–Crippen MR) is 173 cm³/mol. The molecule has 3 aromatic carbocycles. The van der Waals surface area contributed by atoms with Crippen LogP contribution < -0.4 is 4.90 Å². The Balaban J connectivity index is 1.48. The van der Waals surface area contributed by atoms with Crippen molar-refractivity contribution in [2.45, 2.75) is 41.1 Å². The number of rotatable bonds is 5. The minimum Gasteiger partial charge on any atom is -0.469 e. The number of ether oxygens (including phenoxy) is 2. The van der Waals surface area contributed by atoms with Crippen molar-refractivity contribution in [2.24, 2.45) is 5.92 Å².